The van der Waals surface area contributed by atoms with Gasteiger partial charge in [-0.3, -0.25) is 24.0 Å². The lowest BCUT2D eigenvalue weighted by Gasteiger charge is -2.32. The fourth-order valence-electron chi connectivity index (χ4n) is 7.90. The van der Waals surface area contributed by atoms with Crippen molar-refractivity contribution in [3.8, 4) is 0 Å². The fourth-order valence-corrected chi connectivity index (χ4v) is 7.90. The molecule has 0 aliphatic heterocycles. The minimum Gasteiger partial charge on any atom is -0.466 e. The van der Waals surface area contributed by atoms with Crippen molar-refractivity contribution in [1.29, 1.82) is 0 Å². The summed E-state index contributed by atoms with van der Waals surface area (Å²) in [7, 11) is 1.25. The highest BCUT2D eigenvalue weighted by atomic mass is 16.5. The van der Waals surface area contributed by atoms with E-state index in [0.717, 1.165) is 24.6 Å². The Kier molecular flexibility index (Phi) is 8.71. The lowest BCUT2D eigenvalue weighted by molar-refractivity contribution is -0.135. The highest BCUT2D eigenvalue weighted by Gasteiger charge is 2.65. The van der Waals surface area contributed by atoms with Crippen molar-refractivity contribution in [3.63, 3.8) is 0 Å². The average molecular weight is 644 g/mol. The van der Waals surface area contributed by atoms with Crippen LogP contribution in [-0.2, 0) is 30.5 Å². The molecule has 2 heterocycles. The van der Waals surface area contributed by atoms with Crippen LogP contribution in [0.25, 0.3) is 11.0 Å². The molecule has 4 aliphatic carbocycles. The smallest absolute Gasteiger partial charge is 0.330 e. The molecule has 0 saturated heterocycles. The molecule has 4 amide bonds. The molecule has 13 heteroatoms. The van der Waals surface area contributed by atoms with Gasteiger partial charge in [0.25, 0.3) is 11.5 Å². The van der Waals surface area contributed by atoms with Crippen LogP contribution in [0.1, 0.15) is 48.9 Å². The summed E-state index contributed by atoms with van der Waals surface area (Å²) in [5.41, 5.74) is 5.37. The SMILES string of the molecule is COC(=O)/C=C/CC[C@H](NC(=O)c1ccc2ccoc2c1)C(=O)Nc1cccn(CC(=O)NC2C3CC4CC2C(C(N)=O)(C4)C3)c1=O. The van der Waals surface area contributed by atoms with Crippen LogP contribution in [0, 0.1) is 23.2 Å². The summed E-state index contributed by atoms with van der Waals surface area (Å²) in [4.78, 5) is 77.0. The molecule has 4 saturated carbocycles. The Morgan fingerprint density at radius 1 is 1.15 bits per heavy atom. The van der Waals surface area contributed by atoms with E-state index in [2.05, 4.69) is 20.7 Å². The average Bonchev–Trinajstić information content (AvgIpc) is 3.69. The molecule has 0 spiro atoms. The molecule has 7 rings (SSSR count). The number of ether oxygens (including phenoxy) is 1. The van der Waals surface area contributed by atoms with Crippen LogP contribution in [-0.4, -0.2) is 53.4 Å². The van der Waals surface area contributed by atoms with E-state index in [-0.39, 0.29) is 60.3 Å². The summed E-state index contributed by atoms with van der Waals surface area (Å²) in [5, 5.41) is 9.19. The first-order chi connectivity index (χ1) is 22.6. The summed E-state index contributed by atoms with van der Waals surface area (Å²) in [5.74, 6) is -1.76. The number of benzene rings is 1. The minimum atomic E-state index is -1.08. The maximum Gasteiger partial charge on any atom is 0.330 e. The van der Waals surface area contributed by atoms with Gasteiger partial charge in [0.2, 0.25) is 17.7 Å². The number of fused-ring (bicyclic) bond motifs is 1. The summed E-state index contributed by atoms with van der Waals surface area (Å²) in [6, 6.07) is 8.36. The Morgan fingerprint density at radius 2 is 1.98 bits per heavy atom. The number of anilines is 1. The third-order valence-corrected chi connectivity index (χ3v) is 9.98. The van der Waals surface area contributed by atoms with Crippen LogP contribution >= 0.6 is 0 Å². The number of nitrogens with two attached hydrogens (primary N) is 1. The van der Waals surface area contributed by atoms with Crippen LogP contribution < -0.4 is 27.2 Å². The van der Waals surface area contributed by atoms with Crippen LogP contribution in [0.15, 0.2) is 70.2 Å². The lowest BCUT2D eigenvalue weighted by atomic mass is 9.75. The Balaban J connectivity index is 1.13. The molecular formula is C34H37N5O8. The third-order valence-electron chi connectivity index (χ3n) is 9.98. The predicted octanol–water partition coefficient (Wildman–Crippen LogP) is 2.25. The second kappa shape index (κ2) is 12.9. The first-order valence-electron chi connectivity index (χ1n) is 15.7. The molecule has 47 heavy (non-hydrogen) atoms. The quantitative estimate of drug-likeness (QED) is 0.171. The van der Waals surface area contributed by atoms with Gasteiger partial charge in [-0.1, -0.05) is 12.1 Å². The Morgan fingerprint density at radius 3 is 2.77 bits per heavy atom. The Labute approximate surface area is 269 Å². The fraction of sp³-hybridized carbons (Fsp3) is 0.412. The number of hydrogen-bond donors (Lipinski definition) is 4. The number of furan rings is 1. The maximum atomic E-state index is 13.5. The van der Waals surface area contributed by atoms with Crippen molar-refractivity contribution in [2.45, 2.75) is 57.2 Å². The van der Waals surface area contributed by atoms with Crippen molar-refractivity contribution in [2.24, 2.45) is 28.9 Å². The van der Waals surface area contributed by atoms with Crippen molar-refractivity contribution >= 4 is 46.3 Å². The molecule has 2 aromatic heterocycles. The predicted molar refractivity (Wildman–Crippen MR) is 170 cm³/mol. The summed E-state index contributed by atoms with van der Waals surface area (Å²) >= 11 is 0. The topological polar surface area (TPSA) is 192 Å². The van der Waals surface area contributed by atoms with E-state index in [4.69, 9.17) is 10.2 Å². The van der Waals surface area contributed by atoms with Crippen molar-refractivity contribution in [2.75, 3.05) is 12.4 Å². The number of carbonyl (C=O) groups is 5. The van der Waals surface area contributed by atoms with Crippen LogP contribution in [0.5, 0.6) is 0 Å². The van der Waals surface area contributed by atoms with Crippen LogP contribution in [0.3, 0.4) is 0 Å². The number of carbonyl (C=O) groups excluding carboxylic acids is 5. The van der Waals surface area contributed by atoms with Gasteiger partial charge in [0.05, 0.1) is 18.8 Å². The lowest BCUT2D eigenvalue weighted by Crippen LogP contribution is -2.47. The monoisotopic (exact) mass is 643 g/mol. The second-order valence-electron chi connectivity index (χ2n) is 12.8. The number of hydrogen-bond acceptors (Lipinski definition) is 8. The number of nitrogens with one attached hydrogen (secondary N) is 3. The molecule has 246 valence electrons. The zero-order valence-electron chi connectivity index (χ0n) is 25.9. The molecule has 4 aliphatic rings. The van der Waals surface area contributed by atoms with Gasteiger partial charge in [-0.05, 0) is 86.6 Å². The summed E-state index contributed by atoms with van der Waals surface area (Å²) in [6.07, 6.45) is 9.32. The number of methoxy groups -OCH3 is 1. The maximum absolute atomic E-state index is 13.5. The van der Waals surface area contributed by atoms with Gasteiger partial charge in [0.1, 0.15) is 23.9 Å². The van der Waals surface area contributed by atoms with Gasteiger partial charge in [-0.15, -0.1) is 0 Å². The summed E-state index contributed by atoms with van der Waals surface area (Å²) < 4.78 is 11.2. The molecule has 13 nitrogen and oxygen atoms in total. The molecule has 0 radical (unpaired) electrons. The van der Waals surface area contributed by atoms with E-state index in [1.54, 1.807) is 24.3 Å². The number of rotatable bonds is 12. The van der Waals surface area contributed by atoms with E-state index in [0.29, 0.717) is 17.9 Å². The number of primary amides is 1. The van der Waals surface area contributed by atoms with Gasteiger partial charge >= 0.3 is 5.97 Å². The number of allylic oxidation sites excluding steroid dienone is 1. The standard InChI is InChI=1S/C34H37N5O8/c1-46-28(41)7-3-2-5-24(36-30(42)21-9-8-20-10-12-47-26(20)15-21)31(43)37-25-6-4-11-39(32(25)44)18-27(40)38-29-22-13-19-14-23(29)34(16-19,17-22)33(35)45/h3-4,6-12,15,19,22-24,29H,2,5,13-14,16-18H2,1H3,(H2,35,45)(H,36,42)(H,37,43)(H,38,40)/b7-3+/t19?,22?,23?,24-,29?,34?/m0/s1. The minimum absolute atomic E-state index is 0.00523. The van der Waals surface area contributed by atoms with Gasteiger partial charge in [-0.25, -0.2) is 4.79 Å². The van der Waals surface area contributed by atoms with Crippen molar-refractivity contribution in [1.82, 2.24) is 15.2 Å². The number of nitrogens with zero attached hydrogens (tertiary/aromatic N) is 1. The Bertz CT molecular complexity index is 1830. The number of amides is 4. The van der Waals surface area contributed by atoms with Crippen LogP contribution in [0.2, 0.25) is 0 Å². The first-order valence-corrected chi connectivity index (χ1v) is 15.7. The largest absolute Gasteiger partial charge is 0.466 e. The molecule has 1 aromatic carbocycles. The van der Waals surface area contributed by atoms with Gasteiger partial charge in [0, 0.05) is 29.3 Å². The zero-order valence-corrected chi connectivity index (χ0v) is 25.9. The normalized spacial score (nSPS) is 24.7. The third kappa shape index (κ3) is 6.29. The number of aromatic nitrogens is 1. The van der Waals surface area contributed by atoms with E-state index in [1.165, 1.54) is 48.4 Å². The zero-order chi connectivity index (χ0) is 33.3. The number of esters is 1. The van der Waals surface area contributed by atoms with E-state index >= 15 is 0 Å². The first kappa shape index (κ1) is 31.8. The second-order valence-corrected chi connectivity index (χ2v) is 12.8. The van der Waals surface area contributed by atoms with E-state index in [1.807, 2.05) is 0 Å². The molecule has 6 atom stereocenters. The molecule has 4 bridgehead atoms. The molecule has 3 aromatic rings. The molecule has 5 unspecified atom stereocenters. The number of pyridine rings is 1. The Hall–Kier alpha value is -5.20. The summed E-state index contributed by atoms with van der Waals surface area (Å²) in [6.45, 7) is -0.279. The van der Waals surface area contributed by atoms with E-state index in [9.17, 15) is 28.8 Å². The van der Waals surface area contributed by atoms with E-state index < -0.39 is 34.8 Å². The molecular weight excluding hydrogens is 606 g/mol. The van der Waals surface area contributed by atoms with Crippen LogP contribution in [0.4, 0.5) is 5.69 Å². The van der Waals surface area contributed by atoms with Gasteiger partial charge in [-0.2, -0.15) is 0 Å². The highest BCUT2D eigenvalue weighted by molar-refractivity contribution is 6.02. The molecule has 5 N–H and O–H groups in total. The van der Waals surface area contributed by atoms with Crippen molar-refractivity contribution < 1.29 is 33.1 Å². The van der Waals surface area contributed by atoms with Gasteiger partial charge in [0.15, 0.2) is 0 Å². The highest BCUT2D eigenvalue weighted by Crippen LogP contribution is 2.65. The van der Waals surface area contributed by atoms with Crippen molar-refractivity contribution in [3.05, 3.63) is 76.9 Å². The molecule has 4 fully saturated rings. The van der Waals surface area contributed by atoms with Gasteiger partial charge < -0.3 is 35.4 Å².